The minimum atomic E-state index is -4.60. The number of nitrogens with one attached hydrogen (secondary N) is 1. The van der Waals surface area contributed by atoms with Crippen molar-refractivity contribution in [2.75, 3.05) is 12.4 Å². The van der Waals surface area contributed by atoms with Gasteiger partial charge in [-0.3, -0.25) is 4.79 Å². The number of imidazole rings is 1. The fourth-order valence-electron chi connectivity index (χ4n) is 4.52. The Morgan fingerprint density at radius 2 is 1.94 bits per heavy atom. The van der Waals surface area contributed by atoms with Crippen LogP contribution < -0.4 is 10.1 Å². The lowest BCUT2D eigenvalue weighted by Gasteiger charge is -2.26. The predicted molar refractivity (Wildman–Crippen MR) is 109 cm³/mol. The van der Waals surface area contributed by atoms with Crippen molar-refractivity contribution in [1.82, 2.24) is 14.4 Å². The average Bonchev–Trinajstić information content (AvgIpc) is 3.34. The lowest BCUT2D eigenvalue weighted by Crippen LogP contribution is -2.23. The summed E-state index contributed by atoms with van der Waals surface area (Å²) in [6, 6.07) is 4.98. The molecule has 0 spiro atoms. The molecule has 0 aromatic carbocycles. The molecule has 2 aliphatic rings. The van der Waals surface area contributed by atoms with Crippen molar-refractivity contribution in [2.24, 2.45) is 0 Å². The van der Waals surface area contributed by atoms with Gasteiger partial charge in [-0.1, -0.05) is 6.07 Å². The van der Waals surface area contributed by atoms with Gasteiger partial charge in [0.1, 0.15) is 22.9 Å². The van der Waals surface area contributed by atoms with E-state index in [1.807, 2.05) is 6.20 Å². The number of hydrogen-bond acceptors (Lipinski definition) is 5. The molecular weight excluding hydrogens is 425 g/mol. The summed E-state index contributed by atoms with van der Waals surface area (Å²) in [6.45, 7) is 0. The van der Waals surface area contributed by atoms with Gasteiger partial charge in [-0.15, -0.1) is 0 Å². The fraction of sp³-hybridized carbons (Fsp3) is 0.409. The van der Waals surface area contributed by atoms with Crippen LogP contribution in [0, 0.1) is 0 Å². The predicted octanol–water partition coefficient (Wildman–Crippen LogP) is 4.43. The number of fused-ring (bicyclic) bond motifs is 3. The maximum Gasteiger partial charge on any atom is 0.433 e. The highest BCUT2D eigenvalue weighted by molar-refractivity contribution is 6.05. The van der Waals surface area contributed by atoms with Crippen molar-refractivity contribution in [2.45, 2.75) is 50.0 Å². The molecular formula is C22H21F3N4O3. The molecule has 168 valence electrons. The number of carbonyl (C=O) groups is 1. The first kappa shape index (κ1) is 20.7. The molecule has 2 fully saturated rings. The molecule has 1 N–H and O–H groups in total. The van der Waals surface area contributed by atoms with Crippen LogP contribution in [0.3, 0.4) is 0 Å². The van der Waals surface area contributed by atoms with Crippen LogP contribution >= 0.6 is 0 Å². The van der Waals surface area contributed by atoms with E-state index >= 15 is 0 Å². The molecule has 1 amide bonds. The summed E-state index contributed by atoms with van der Waals surface area (Å²) in [5.41, 5.74) is 0.645. The SMILES string of the molecule is COc1cc2nc(C3CC4CCC(C3)O4)cn2cc1C(=O)Nc1cccc(C(F)(F)F)n1. The first-order valence-corrected chi connectivity index (χ1v) is 10.4. The molecule has 5 heterocycles. The fourth-order valence-corrected chi connectivity index (χ4v) is 4.52. The number of amides is 1. The zero-order valence-corrected chi connectivity index (χ0v) is 17.2. The second kappa shape index (κ2) is 7.77. The van der Waals surface area contributed by atoms with Gasteiger partial charge in [0.15, 0.2) is 0 Å². The van der Waals surface area contributed by atoms with Crippen molar-refractivity contribution >= 4 is 17.4 Å². The summed E-state index contributed by atoms with van der Waals surface area (Å²) in [7, 11) is 1.42. The van der Waals surface area contributed by atoms with Gasteiger partial charge in [0.25, 0.3) is 5.91 Å². The van der Waals surface area contributed by atoms with Gasteiger partial charge >= 0.3 is 6.18 Å². The van der Waals surface area contributed by atoms with E-state index < -0.39 is 17.8 Å². The Kier molecular flexibility index (Phi) is 5.04. The van der Waals surface area contributed by atoms with Gasteiger partial charge in [0.2, 0.25) is 0 Å². The first-order valence-electron chi connectivity index (χ1n) is 10.4. The Bertz CT molecular complexity index is 1160. The van der Waals surface area contributed by atoms with E-state index in [1.54, 1.807) is 16.7 Å². The lowest BCUT2D eigenvalue weighted by molar-refractivity contribution is -0.141. The van der Waals surface area contributed by atoms with Gasteiger partial charge < -0.3 is 19.2 Å². The number of aromatic nitrogens is 3. The lowest BCUT2D eigenvalue weighted by atomic mass is 9.93. The maximum absolute atomic E-state index is 12.9. The number of carbonyl (C=O) groups excluding carboxylic acids is 1. The van der Waals surface area contributed by atoms with E-state index in [0.29, 0.717) is 11.6 Å². The van der Waals surface area contributed by atoms with Crippen LogP contribution in [0.15, 0.2) is 36.7 Å². The van der Waals surface area contributed by atoms with Crippen molar-refractivity contribution < 1.29 is 27.4 Å². The van der Waals surface area contributed by atoms with Crippen molar-refractivity contribution in [1.29, 1.82) is 0 Å². The second-order valence-corrected chi connectivity index (χ2v) is 8.17. The summed E-state index contributed by atoms with van der Waals surface area (Å²) >= 11 is 0. The minimum absolute atomic E-state index is 0.162. The quantitative estimate of drug-likeness (QED) is 0.642. The molecule has 2 atom stereocenters. The molecule has 7 nitrogen and oxygen atoms in total. The molecule has 2 unspecified atom stereocenters. The Morgan fingerprint density at radius 3 is 2.62 bits per heavy atom. The topological polar surface area (TPSA) is 77.8 Å². The zero-order chi connectivity index (χ0) is 22.5. The molecule has 3 aromatic heterocycles. The Balaban J connectivity index is 1.42. The van der Waals surface area contributed by atoms with E-state index in [0.717, 1.165) is 37.4 Å². The number of pyridine rings is 2. The highest BCUT2D eigenvalue weighted by Gasteiger charge is 2.36. The van der Waals surface area contributed by atoms with Gasteiger partial charge in [0, 0.05) is 24.4 Å². The number of alkyl halides is 3. The van der Waals surface area contributed by atoms with Crippen molar-refractivity contribution in [3.63, 3.8) is 0 Å². The summed E-state index contributed by atoms with van der Waals surface area (Å²) < 4.78 is 51.8. The van der Waals surface area contributed by atoms with Crippen LogP contribution in [0.2, 0.25) is 0 Å². The van der Waals surface area contributed by atoms with Crippen LogP contribution in [-0.4, -0.2) is 39.6 Å². The van der Waals surface area contributed by atoms with Gasteiger partial charge in [-0.25, -0.2) is 9.97 Å². The third-order valence-corrected chi connectivity index (χ3v) is 6.03. The normalized spacial score (nSPS) is 22.8. The molecule has 0 saturated carbocycles. The monoisotopic (exact) mass is 446 g/mol. The maximum atomic E-state index is 12.9. The molecule has 2 bridgehead atoms. The van der Waals surface area contributed by atoms with Gasteiger partial charge in [-0.2, -0.15) is 13.2 Å². The van der Waals surface area contributed by atoms with E-state index in [1.165, 1.54) is 19.2 Å². The second-order valence-electron chi connectivity index (χ2n) is 8.17. The Morgan fingerprint density at radius 1 is 1.19 bits per heavy atom. The first-order chi connectivity index (χ1) is 15.3. The highest BCUT2D eigenvalue weighted by atomic mass is 19.4. The van der Waals surface area contributed by atoms with Gasteiger partial charge in [0.05, 0.1) is 30.6 Å². The van der Waals surface area contributed by atoms with Crippen LogP contribution in [0.4, 0.5) is 19.0 Å². The van der Waals surface area contributed by atoms with Crippen molar-refractivity contribution in [3.05, 3.63) is 53.6 Å². The number of anilines is 1. The third kappa shape index (κ3) is 3.90. The molecule has 5 rings (SSSR count). The molecule has 0 radical (unpaired) electrons. The van der Waals surface area contributed by atoms with E-state index in [9.17, 15) is 18.0 Å². The third-order valence-electron chi connectivity index (χ3n) is 6.03. The van der Waals surface area contributed by atoms with E-state index in [4.69, 9.17) is 14.5 Å². The van der Waals surface area contributed by atoms with E-state index in [2.05, 4.69) is 10.3 Å². The number of ether oxygens (including phenoxy) is 2. The summed E-state index contributed by atoms with van der Waals surface area (Å²) in [4.78, 5) is 21.0. The minimum Gasteiger partial charge on any atom is -0.496 e. The molecule has 32 heavy (non-hydrogen) atoms. The largest absolute Gasteiger partial charge is 0.496 e. The summed E-state index contributed by atoms with van der Waals surface area (Å²) in [5.74, 6) is -0.268. The highest BCUT2D eigenvalue weighted by Crippen LogP contribution is 2.40. The molecule has 3 aromatic rings. The standard InChI is InChI=1S/C22H21F3N4O3/c1-31-17-9-20-26-16(12-7-13-5-6-14(8-12)32-13)11-29(20)10-15(17)21(30)28-19-4-2-3-18(27-19)22(23,24)25/h2-4,9-14H,5-8H2,1H3,(H,27,28,30). The number of hydrogen-bond donors (Lipinski definition) is 1. The number of nitrogens with zero attached hydrogens (tertiary/aromatic N) is 3. The number of halogens is 3. The van der Waals surface area contributed by atoms with Crippen molar-refractivity contribution in [3.8, 4) is 5.75 Å². The molecule has 2 saturated heterocycles. The zero-order valence-electron chi connectivity index (χ0n) is 17.2. The number of rotatable bonds is 4. The summed E-state index contributed by atoms with van der Waals surface area (Å²) in [5, 5.41) is 2.42. The Labute approximate surface area is 181 Å². The molecule has 2 aliphatic heterocycles. The average molecular weight is 446 g/mol. The summed E-state index contributed by atoms with van der Waals surface area (Å²) in [6.07, 6.45) is 3.42. The Hall–Kier alpha value is -3.14. The molecule has 0 aliphatic carbocycles. The smallest absolute Gasteiger partial charge is 0.433 e. The van der Waals surface area contributed by atoms with Crippen LogP contribution in [0.5, 0.6) is 5.75 Å². The molecule has 10 heteroatoms. The van der Waals surface area contributed by atoms with E-state index in [-0.39, 0.29) is 29.3 Å². The number of methoxy groups -OCH3 is 1. The van der Waals surface area contributed by atoms with Gasteiger partial charge in [-0.05, 0) is 37.8 Å². The van der Waals surface area contributed by atoms with Crippen LogP contribution in [-0.2, 0) is 10.9 Å². The van der Waals surface area contributed by atoms with Crippen LogP contribution in [0.25, 0.3) is 5.65 Å². The van der Waals surface area contributed by atoms with Crippen LogP contribution in [0.1, 0.15) is 53.3 Å².